The molecule has 2 heteroatoms. The van der Waals surface area contributed by atoms with E-state index in [1.807, 2.05) is 11.3 Å². The van der Waals surface area contributed by atoms with Gasteiger partial charge in [0.1, 0.15) is 0 Å². The summed E-state index contributed by atoms with van der Waals surface area (Å²) in [5.74, 6) is 0.919. The average Bonchev–Trinajstić information content (AvgIpc) is 2.98. The summed E-state index contributed by atoms with van der Waals surface area (Å²) in [5, 5.41) is 6.10. The van der Waals surface area contributed by atoms with E-state index in [0.29, 0.717) is 11.5 Å². The van der Waals surface area contributed by atoms with Gasteiger partial charge in [-0.25, -0.2) is 0 Å². The maximum absolute atomic E-state index is 3.89. The lowest BCUT2D eigenvalue weighted by molar-refractivity contribution is 0.117. The largest absolute Gasteiger partial charge is 0.308 e. The second kappa shape index (κ2) is 4.74. The summed E-state index contributed by atoms with van der Waals surface area (Å²) in [6.45, 7) is 3.60. The molecular formula is C15H23NS. The third-order valence-electron chi connectivity index (χ3n) is 4.80. The highest BCUT2D eigenvalue weighted by Gasteiger charge is 2.38. The van der Waals surface area contributed by atoms with Gasteiger partial charge in [0.05, 0.1) is 0 Å². The van der Waals surface area contributed by atoms with Crippen LogP contribution >= 0.6 is 11.3 Å². The first-order valence-corrected chi connectivity index (χ1v) is 7.98. The van der Waals surface area contributed by atoms with Gasteiger partial charge < -0.3 is 5.32 Å². The molecule has 0 radical (unpaired) electrons. The first-order valence-electron chi connectivity index (χ1n) is 7.10. The van der Waals surface area contributed by atoms with Gasteiger partial charge in [-0.15, -0.1) is 11.3 Å². The van der Waals surface area contributed by atoms with E-state index >= 15 is 0 Å². The Morgan fingerprint density at radius 3 is 2.76 bits per heavy atom. The van der Waals surface area contributed by atoms with Gasteiger partial charge in [0, 0.05) is 17.5 Å². The van der Waals surface area contributed by atoms with Crippen molar-refractivity contribution in [3.8, 4) is 0 Å². The van der Waals surface area contributed by atoms with Crippen molar-refractivity contribution in [3.63, 3.8) is 0 Å². The second-order valence-electron chi connectivity index (χ2n) is 5.92. The molecule has 17 heavy (non-hydrogen) atoms. The van der Waals surface area contributed by atoms with Crippen LogP contribution in [0.2, 0.25) is 0 Å². The molecule has 0 aromatic carbocycles. The molecule has 94 valence electrons. The Bertz CT molecular complexity index is 343. The van der Waals surface area contributed by atoms with Gasteiger partial charge in [-0.3, -0.25) is 0 Å². The van der Waals surface area contributed by atoms with Crippen LogP contribution in [-0.2, 0) is 0 Å². The van der Waals surface area contributed by atoms with Gasteiger partial charge in [0.15, 0.2) is 0 Å². The Labute approximate surface area is 109 Å². The zero-order valence-corrected chi connectivity index (χ0v) is 11.6. The molecule has 0 amide bonds. The lowest BCUT2D eigenvalue weighted by atomic mass is 9.67. The maximum atomic E-state index is 3.89. The highest BCUT2D eigenvalue weighted by atomic mass is 32.1. The number of rotatable bonds is 6. The lowest BCUT2D eigenvalue weighted by Gasteiger charge is -2.42. The summed E-state index contributed by atoms with van der Waals surface area (Å²) in [5.41, 5.74) is 0.643. The van der Waals surface area contributed by atoms with E-state index in [9.17, 15) is 0 Å². The molecule has 1 atom stereocenters. The Morgan fingerprint density at radius 2 is 2.29 bits per heavy atom. The van der Waals surface area contributed by atoms with Gasteiger partial charge >= 0.3 is 0 Å². The third kappa shape index (κ3) is 2.43. The van der Waals surface area contributed by atoms with E-state index in [-0.39, 0.29) is 0 Å². The standard InChI is InChI=1S/C15H23NS/c1-2-15(8-4-9-15)11-16-14(12-6-7-12)13-5-3-10-17-13/h3,5,10,12,14,16H,2,4,6-9,11H2,1H3. The second-order valence-corrected chi connectivity index (χ2v) is 6.90. The monoisotopic (exact) mass is 249 g/mol. The van der Waals surface area contributed by atoms with Crippen LogP contribution in [0.15, 0.2) is 17.5 Å². The molecule has 1 aromatic rings. The molecule has 2 aliphatic rings. The van der Waals surface area contributed by atoms with E-state index in [0.717, 1.165) is 5.92 Å². The minimum Gasteiger partial charge on any atom is -0.308 e. The Hall–Kier alpha value is -0.340. The van der Waals surface area contributed by atoms with Crippen LogP contribution in [0.3, 0.4) is 0 Å². The summed E-state index contributed by atoms with van der Waals surface area (Å²) in [6.07, 6.45) is 8.53. The summed E-state index contributed by atoms with van der Waals surface area (Å²) in [7, 11) is 0. The van der Waals surface area contributed by atoms with Crippen molar-refractivity contribution in [2.24, 2.45) is 11.3 Å². The first kappa shape index (κ1) is 11.7. The molecule has 1 nitrogen and oxygen atoms in total. The van der Waals surface area contributed by atoms with Crippen LogP contribution in [0.25, 0.3) is 0 Å². The molecule has 1 heterocycles. The van der Waals surface area contributed by atoms with Crippen molar-refractivity contribution in [2.45, 2.75) is 51.5 Å². The highest BCUT2D eigenvalue weighted by Crippen LogP contribution is 2.46. The fourth-order valence-electron chi connectivity index (χ4n) is 3.06. The quantitative estimate of drug-likeness (QED) is 0.789. The Balaban J connectivity index is 1.61. The van der Waals surface area contributed by atoms with Crippen LogP contribution in [0.1, 0.15) is 56.4 Å². The molecule has 1 N–H and O–H groups in total. The van der Waals surface area contributed by atoms with E-state index < -0.39 is 0 Å². The number of nitrogens with one attached hydrogen (secondary N) is 1. The van der Waals surface area contributed by atoms with Crippen LogP contribution in [-0.4, -0.2) is 6.54 Å². The molecule has 0 aliphatic heterocycles. The van der Waals surface area contributed by atoms with E-state index in [4.69, 9.17) is 0 Å². The zero-order valence-electron chi connectivity index (χ0n) is 10.7. The number of hydrogen-bond donors (Lipinski definition) is 1. The van der Waals surface area contributed by atoms with Crippen molar-refractivity contribution < 1.29 is 0 Å². The van der Waals surface area contributed by atoms with Gasteiger partial charge in [-0.1, -0.05) is 19.4 Å². The van der Waals surface area contributed by atoms with Crippen LogP contribution in [0, 0.1) is 11.3 Å². The van der Waals surface area contributed by atoms with E-state index in [2.05, 4.69) is 29.8 Å². The van der Waals surface area contributed by atoms with Crippen molar-refractivity contribution in [1.82, 2.24) is 5.32 Å². The Kier molecular flexibility index (Phi) is 3.27. The minimum absolute atomic E-state index is 0.643. The SMILES string of the molecule is CCC1(CNC(c2cccs2)C2CC2)CCC1. The fourth-order valence-corrected chi connectivity index (χ4v) is 3.95. The zero-order chi connectivity index (χ0) is 11.7. The summed E-state index contributed by atoms with van der Waals surface area (Å²) >= 11 is 1.92. The minimum atomic E-state index is 0.643. The molecule has 0 spiro atoms. The van der Waals surface area contributed by atoms with Crippen molar-refractivity contribution in [1.29, 1.82) is 0 Å². The molecular weight excluding hydrogens is 226 g/mol. The molecule has 0 saturated heterocycles. The third-order valence-corrected chi connectivity index (χ3v) is 5.76. The van der Waals surface area contributed by atoms with Crippen LogP contribution in [0.4, 0.5) is 0 Å². The predicted molar refractivity (Wildman–Crippen MR) is 74.4 cm³/mol. The van der Waals surface area contributed by atoms with Crippen molar-refractivity contribution >= 4 is 11.3 Å². The summed E-state index contributed by atoms with van der Waals surface area (Å²) in [6, 6.07) is 5.15. The highest BCUT2D eigenvalue weighted by molar-refractivity contribution is 7.10. The molecule has 0 bridgehead atoms. The number of thiophene rings is 1. The normalized spacial score (nSPS) is 24.3. The maximum Gasteiger partial charge on any atom is 0.0443 e. The van der Waals surface area contributed by atoms with Crippen LogP contribution in [0.5, 0.6) is 0 Å². The fraction of sp³-hybridized carbons (Fsp3) is 0.733. The smallest absolute Gasteiger partial charge is 0.0443 e. The van der Waals surface area contributed by atoms with Crippen molar-refractivity contribution in [3.05, 3.63) is 22.4 Å². The summed E-state index contributed by atoms with van der Waals surface area (Å²) in [4.78, 5) is 1.55. The van der Waals surface area contributed by atoms with Gasteiger partial charge in [-0.05, 0) is 54.9 Å². The lowest BCUT2D eigenvalue weighted by Crippen LogP contribution is -2.41. The molecule has 2 saturated carbocycles. The molecule has 2 fully saturated rings. The molecule has 3 rings (SSSR count). The number of hydrogen-bond acceptors (Lipinski definition) is 2. The van der Waals surface area contributed by atoms with Gasteiger partial charge in [-0.2, -0.15) is 0 Å². The molecule has 1 aromatic heterocycles. The van der Waals surface area contributed by atoms with Crippen LogP contribution < -0.4 is 5.32 Å². The van der Waals surface area contributed by atoms with E-state index in [1.165, 1.54) is 45.1 Å². The Morgan fingerprint density at radius 1 is 1.47 bits per heavy atom. The predicted octanol–water partition coefficient (Wildman–Crippen LogP) is 4.37. The van der Waals surface area contributed by atoms with Crippen molar-refractivity contribution in [2.75, 3.05) is 6.54 Å². The van der Waals surface area contributed by atoms with Gasteiger partial charge in [0.25, 0.3) is 0 Å². The molecule has 2 aliphatic carbocycles. The first-order chi connectivity index (χ1) is 8.33. The van der Waals surface area contributed by atoms with E-state index in [1.54, 1.807) is 4.88 Å². The topological polar surface area (TPSA) is 12.0 Å². The average molecular weight is 249 g/mol. The van der Waals surface area contributed by atoms with Gasteiger partial charge in [0.2, 0.25) is 0 Å². The summed E-state index contributed by atoms with van der Waals surface area (Å²) < 4.78 is 0. The molecule has 1 unspecified atom stereocenters.